The molecule has 0 saturated carbocycles. The van der Waals surface area contributed by atoms with Crippen LogP contribution in [-0.2, 0) is 5.41 Å². The fraction of sp³-hybridized carbons (Fsp3) is 0.0545. The highest BCUT2D eigenvalue weighted by Crippen LogP contribution is 2.53. The molecule has 270 valence electrons. The molecule has 0 aliphatic heterocycles. The van der Waals surface area contributed by atoms with Gasteiger partial charge in [-0.15, -0.1) is 11.3 Å². The fourth-order valence-corrected chi connectivity index (χ4v) is 10.3. The predicted octanol–water partition coefficient (Wildman–Crippen LogP) is 16.0. The number of nitrogens with zero attached hydrogens (tertiary/aromatic N) is 1. The number of rotatable bonds is 6. The van der Waals surface area contributed by atoms with Gasteiger partial charge in [-0.05, 0) is 109 Å². The van der Waals surface area contributed by atoms with Crippen molar-refractivity contribution in [2.45, 2.75) is 19.3 Å². The highest BCUT2D eigenvalue weighted by molar-refractivity contribution is 7.26. The molecule has 0 fully saturated rings. The second-order valence-electron chi connectivity index (χ2n) is 15.7. The van der Waals surface area contributed by atoms with Crippen LogP contribution >= 0.6 is 11.3 Å². The van der Waals surface area contributed by atoms with E-state index in [1.807, 2.05) is 11.3 Å². The lowest BCUT2D eigenvalue weighted by atomic mass is 9.82. The highest BCUT2D eigenvalue weighted by atomic mass is 32.1. The number of hydrogen-bond acceptors (Lipinski definition) is 2. The number of benzene rings is 9. The normalized spacial score (nSPS) is 12.9. The third kappa shape index (κ3) is 5.51. The summed E-state index contributed by atoms with van der Waals surface area (Å²) >= 11 is 1.89. The van der Waals surface area contributed by atoms with E-state index in [4.69, 9.17) is 0 Å². The molecule has 0 unspecified atom stereocenters. The SMILES string of the molecule is CC1(C)c2ccccc2-c2ccc(N(c3ccc(-c4ccccc4)cc3-c3ccccc3)c3cc(-c4ccc5ccccc5c4)cc4c3sc3ccccc34)cc21. The van der Waals surface area contributed by atoms with Crippen LogP contribution in [0.15, 0.2) is 200 Å². The van der Waals surface area contributed by atoms with Gasteiger partial charge in [0.15, 0.2) is 0 Å². The van der Waals surface area contributed by atoms with Crippen molar-refractivity contribution in [3.05, 3.63) is 211 Å². The van der Waals surface area contributed by atoms with E-state index in [2.05, 4.69) is 219 Å². The molecule has 1 aromatic heterocycles. The monoisotopic (exact) mass is 745 g/mol. The Kier molecular flexibility index (Phi) is 7.77. The first-order valence-electron chi connectivity index (χ1n) is 19.8. The lowest BCUT2D eigenvalue weighted by molar-refractivity contribution is 0.660. The van der Waals surface area contributed by atoms with Gasteiger partial charge in [0.1, 0.15) is 0 Å². The molecule has 1 nitrogen and oxygen atoms in total. The Morgan fingerprint density at radius 1 is 0.386 bits per heavy atom. The van der Waals surface area contributed by atoms with Crippen LogP contribution in [0.25, 0.3) is 75.5 Å². The van der Waals surface area contributed by atoms with Gasteiger partial charge in [-0.1, -0.05) is 166 Å². The molecule has 0 N–H and O–H groups in total. The molecule has 0 atom stereocenters. The maximum atomic E-state index is 2.55. The fourth-order valence-electron chi connectivity index (χ4n) is 9.14. The first-order valence-corrected chi connectivity index (χ1v) is 20.6. The van der Waals surface area contributed by atoms with Gasteiger partial charge in [0.25, 0.3) is 0 Å². The minimum atomic E-state index is -0.146. The van der Waals surface area contributed by atoms with Gasteiger partial charge in [0, 0.05) is 32.1 Å². The quantitative estimate of drug-likeness (QED) is 0.164. The van der Waals surface area contributed by atoms with Crippen molar-refractivity contribution in [1.29, 1.82) is 0 Å². The second kappa shape index (κ2) is 13.2. The van der Waals surface area contributed by atoms with E-state index >= 15 is 0 Å². The molecule has 1 aliphatic carbocycles. The molecule has 0 radical (unpaired) electrons. The summed E-state index contributed by atoms with van der Waals surface area (Å²) in [6, 6.07) is 74.1. The van der Waals surface area contributed by atoms with Crippen molar-refractivity contribution in [2.24, 2.45) is 0 Å². The first-order chi connectivity index (χ1) is 28.0. The van der Waals surface area contributed by atoms with E-state index in [1.54, 1.807) is 0 Å². The van der Waals surface area contributed by atoms with Gasteiger partial charge < -0.3 is 4.90 Å². The van der Waals surface area contributed by atoms with Crippen LogP contribution in [0.2, 0.25) is 0 Å². The molecule has 0 amide bonds. The molecular formula is C55H39NS. The van der Waals surface area contributed by atoms with Crippen LogP contribution in [0, 0.1) is 0 Å². The summed E-state index contributed by atoms with van der Waals surface area (Å²) in [5.74, 6) is 0. The van der Waals surface area contributed by atoms with Crippen LogP contribution in [0.5, 0.6) is 0 Å². The Bertz CT molecular complexity index is 3150. The van der Waals surface area contributed by atoms with Gasteiger partial charge in [0.2, 0.25) is 0 Å². The third-order valence-electron chi connectivity index (χ3n) is 12.0. The summed E-state index contributed by atoms with van der Waals surface area (Å²) in [7, 11) is 0. The van der Waals surface area contributed by atoms with Crippen LogP contribution < -0.4 is 4.90 Å². The molecule has 10 aromatic rings. The van der Waals surface area contributed by atoms with Gasteiger partial charge in [-0.2, -0.15) is 0 Å². The van der Waals surface area contributed by atoms with Gasteiger partial charge in [-0.3, -0.25) is 0 Å². The average molecular weight is 746 g/mol. The second-order valence-corrected chi connectivity index (χ2v) is 16.8. The maximum absolute atomic E-state index is 2.55. The van der Waals surface area contributed by atoms with Gasteiger partial charge in [0.05, 0.1) is 16.1 Å². The molecule has 0 saturated heterocycles. The van der Waals surface area contributed by atoms with E-state index in [1.165, 1.54) is 92.3 Å². The van der Waals surface area contributed by atoms with E-state index < -0.39 is 0 Å². The van der Waals surface area contributed by atoms with Crippen LogP contribution in [0.1, 0.15) is 25.0 Å². The Morgan fingerprint density at radius 3 is 1.89 bits per heavy atom. The maximum Gasteiger partial charge on any atom is 0.0646 e. The van der Waals surface area contributed by atoms with E-state index in [0.717, 1.165) is 11.4 Å². The number of anilines is 3. The summed E-state index contributed by atoms with van der Waals surface area (Å²) in [4.78, 5) is 2.55. The minimum Gasteiger partial charge on any atom is -0.308 e. The van der Waals surface area contributed by atoms with Crippen LogP contribution in [0.3, 0.4) is 0 Å². The van der Waals surface area contributed by atoms with Crippen molar-refractivity contribution in [1.82, 2.24) is 0 Å². The van der Waals surface area contributed by atoms with Gasteiger partial charge in [-0.25, -0.2) is 0 Å². The molecule has 9 aromatic carbocycles. The molecule has 11 rings (SSSR count). The predicted molar refractivity (Wildman–Crippen MR) is 245 cm³/mol. The summed E-state index contributed by atoms with van der Waals surface area (Å²) < 4.78 is 2.56. The summed E-state index contributed by atoms with van der Waals surface area (Å²) in [6.45, 7) is 4.75. The van der Waals surface area contributed by atoms with Crippen LogP contribution in [0.4, 0.5) is 17.1 Å². The molecule has 57 heavy (non-hydrogen) atoms. The molecular weight excluding hydrogens is 707 g/mol. The molecule has 1 aliphatic rings. The lowest BCUT2D eigenvalue weighted by Gasteiger charge is -2.31. The van der Waals surface area contributed by atoms with E-state index in [0.29, 0.717) is 0 Å². The zero-order valence-corrected chi connectivity index (χ0v) is 32.7. The number of hydrogen-bond donors (Lipinski definition) is 0. The molecule has 0 spiro atoms. The number of fused-ring (bicyclic) bond motifs is 7. The molecule has 1 heterocycles. The summed E-state index contributed by atoms with van der Waals surface area (Å²) in [5, 5.41) is 5.05. The topological polar surface area (TPSA) is 3.24 Å². The Balaban J connectivity index is 1.23. The van der Waals surface area contributed by atoms with E-state index in [9.17, 15) is 0 Å². The third-order valence-corrected chi connectivity index (χ3v) is 13.2. The molecule has 2 heteroatoms. The summed E-state index contributed by atoms with van der Waals surface area (Å²) in [5.41, 5.74) is 15.9. The van der Waals surface area contributed by atoms with Crippen molar-refractivity contribution in [3.8, 4) is 44.5 Å². The van der Waals surface area contributed by atoms with Crippen molar-refractivity contribution in [3.63, 3.8) is 0 Å². The zero-order chi connectivity index (χ0) is 38.1. The lowest BCUT2D eigenvalue weighted by Crippen LogP contribution is -2.17. The smallest absolute Gasteiger partial charge is 0.0646 e. The van der Waals surface area contributed by atoms with E-state index in [-0.39, 0.29) is 5.41 Å². The van der Waals surface area contributed by atoms with Gasteiger partial charge >= 0.3 is 0 Å². The first kappa shape index (κ1) is 33.6. The Labute approximate surface area is 337 Å². The largest absolute Gasteiger partial charge is 0.308 e. The van der Waals surface area contributed by atoms with Crippen LogP contribution in [-0.4, -0.2) is 0 Å². The highest BCUT2D eigenvalue weighted by Gasteiger charge is 2.36. The average Bonchev–Trinajstić information content (AvgIpc) is 3.76. The zero-order valence-electron chi connectivity index (χ0n) is 31.9. The molecule has 0 bridgehead atoms. The number of thiophene rings is 1. The summed E-state index contributed by atoms with van der Waals surface area (Å²) in [6.07, 6.45) is 0. The Hall–Kier alpha value is -6.74. The van der Waals surface area contributed by atoms with Crippen molar-refractivity contribution < 1.29 is 0 Å². The van der Waals surface area contributed by atoms with Crippen molar-refractivity contribution in [2.75, 3.05) is 4.90 Å². The van der Waals surface area contributed by atoms with Crippen molar-refractivity contribution >= 4 is 59.3 Å². The Morgan fingerprint density at radius 2 is 1.05 bits per heavy atom. The standard InChI is InChI=1S/C55H39NS/c1-55(2)49-23-13-11-21-44(49)45-29-28-43(35-50(45)55)56(51-30-27-41(36-15-5-3-6-16-36)32-47(51)38-18-7-4-8-19-38)52-34-42(40-26-25-37-17-9-10-20-39(37)31-40)33-48-46-22-12-14-24-53(46)57-54(48)52/h3-35H,1-2H3. The minimum absolute atomic E-state index is 0.146.